The zero-order valence-electron chi connectivity index (χ0n) is 12.8. The summed E-state index contributed by atoms with van der Waals surface area (Å²) in [5.41, 5.74) is 4.46. The van der Waals surface area contributed by atoms with Gasteiger partial charge in [-0.15, -0.1) is 0 Å². The van der Waals surface area contributed by atoms with Crippen LogP contribution in [0.4, 0.5) is 0 Å². The van der Waals surface area contributed by atoms with E-state index >= 15 is 0 Å². The van der Waals surface area contributed by atoms with E-state index in [4.69, 9.17) is 4.98 Å². The molecule has 1 aromatic carbocycles. The smallest absolute Gasteiger partial charge is 0.133 e. The van der Waals surface area contributed by atoms with Crippen molar-refractivity contribution >= 4 is 0 Å². The Morgan fingerprint density at radius 1 is 1.15 bits per heavy atom. The molecular weight excluding hydrogens is 246 g/mol. The van der Waals surface area contributed by atoms with E-state index in [0.29, 0.717) is 5.92 Å². The minimum Gasteiger partial charge on any atom is -0.319 e. The van der Waals surface area contributed by atoms with Crippen molar-refractivity contribution < 1.29 is 0 Å². The van der Waals surface area contributed by atoms with Crippen LogP contribution in [0.5, 0.6) is 0 Å². The van der Waals surface area contributed by atoms with Gasteiger partial charge in [-0.05, 0) is 39.4 Å². The van der Waals surface area contributed by atoms with Crippen molar-refractivity contribution in [3.63, 3.8) is 0 Å². The molecule has 2 rings (SSSR count). The summed E-state index contributed by atoms with van der Waals surface area (Å²) >= 11 is 0. The van der Waals surface area contributed by atoms with Crippen molar-refractivity contribution in [2.24, 2.45) is 0 Å². The lowest BCUT2D eigenvalue weighted by molar-refractivity contribution is 0.579. The predicted molar refractivity (Wildman–Crippen MR) is 83.9 cm³/mol. The zero-order valence-corrected chi connectivity index (χ0v) is 12.8. The number of nitrogens with one attached hydrogen (secondary N) is 1. The molecule has 0 amide bonds. The standard InChI is InChI=1S/C17H23N3/c1-5-14(11-18-4)17-19-13(3)10-16(20-17)15-8-6-7-12(2)9-15/h6-10,14,18H,5,11H2,1-4H3. The van der Waals surface area contributed by atoms with Crippen LogP contribution in [0.1, 0.15) is 36.3 Å². The number of rotatable bonds is 5. The summed E-state index contributed by atoms with van der Waals surface area (Å²) in [6, 6.07) is 10.5. The van der Waals surface area contributed by atoms with Crippen LogP contribution in [-0.2, 0) is 0 Å². The first-order valence-electron chi connectivity index (χ1n) is 7.21. The molecule has 1 N–H and O–H groups in total. The van der Waals surface area contributed by atoms with Gasteiger partial charge in [0.15, 0.2) is 0 Å². The van der Waals surface area contributed by atoms with Gasteiger partial charge in [-0.25, -0.2) is 9.97 Å². The van der Waals surface area contributed by atoms with Gasteiger partial charge in [-0.2, -0.15) is 0 Å². The molecule has 1 aromatic heterocycles. The van der Waals surface area contributed by atoms with Gasteiger partial charge in [0.05, 0.1) is 5.69 Å². The number of benzene rings is 1. The van der Waals surface area contributed by atoms with Crippen LogP contribution in [0.15, 0.2) is 30.3 Å². The Balaban J connectivity index is 2.42. The van der Waals surface area contributed by atoms with Crippen molar-refractivity contribution in [2.75, 3.05) is 13.6 Å². The van der Waals surface area contributed by atoms with Crippen LogP contribution >= 0.6 is 0 Å². The van der Waals surface area contributed by atoms with Crippen LogP contribution in [0.3, 0.4) is 0 Å². The van der Waals surface area contributed by atoms with Gasteiger partial charge in [0.25, 0.3) is 0 Å². The van der Waals surface area contributed by atoms with E-state index in [0.717, 1.165) is 35.7 Å². The van der Waals surface area contributed by atoms with Crippen molar-refractivity contribution in [1.82, 2.24) is 15.3 Å². The highest BCUT2D eigenvalue weighted by Gasteiger charge is 2.14. The summed E-state index contributed by atoms with van der Waals surface area (Å²) in [4.78, 5) is 9.40. The highest BCUT2D eigenvalue weighted by Crippen LogP contribution is 2.22. The second kappa shape index (κ2) is 6.62. The van der Waals surface area contributed by atoms with E-state index in [2.05, 4.69) is 54.5 Å². The summed E-state index contributed by atoms with van der Waals surface area (Å²) < 4.78 is 0. The highest BCUT2D eigenvalue weighted by molar-refractivity contribution is 5.60. The van der Waals surface area contributed by atoms with Crippen LogP contribution in [0, 0.1) is 13.8 Å². The summed E-state index contributed by atoms with van der Waals surface area (Å²) in [6.45, 7) is 7.23. The number of nitrogens with zero attached hydrogens (tertiary/aromatic N) is 2. The maximum atomic E-state index is 4.78. The third kappa shape index (κ3) is 3.42. The average molecular weight is 269 g/mol. The Morgan fingerprint density at radius 3 is 2.60 bits per heavy atom. The van der Waals surface area contributed by atoms with Gasteiger partial charge in [0.1, 0.15) is 5.82 Å². The van der Waals surface area contributed by atoms with Gasteiger partial charge in [-0.1, -0.05) is 30.7 Å². The largest absolute Gasteiger partial charge is 0.319 e. The van der Waals surface area contributed by atoms with Gasteiger partial charge >= 0.3 is 0 Å². The molecule has 1 atom stereocenters. The minimum absolute atomic E-state index is 0.364. The first-order chi connectivity index (χ1) is 9.63. The third-order valence-electron chi connectivity index (χ3n) is 3.49. The fourth-order valence-electron chi connectivity index (χ4n) is 2.39. The maximum Gasteiger partial charge on any atom is 0.133 e. The molecule has 1 heterocycles. The molecule has 0 aliphatic carbocycles. The molecule has 1 unspecified atom stereocenters. The topological polar surface area (TPSA) is 37.8 Å². The van der Waals surface area contributed by atoms with Crippen molar-refractivity contribution in [3.05, 3.63) is 47.4 Å². The van der Waals surface area contributed by atoms with Crippen LogP contribution in [0.25, 0.3) is 11.3 Å². The summed E-state index contributed by atoms with van der Waals surface area (Å²) in [5.74, 6) is 1.31. The van der Waals surface area contributed by atoms with Crippen LogP contribution in [0.2, 0.25) is 0 Å². The first-order valence-corrected chi connectivity index (χ1v) is 7.21. The summed E-state index contributed by atoms with van der Waals surface area (Å²) in [5, 5.41) is 3.23. The lowest BCUT2D eigenvalue weighted by Gasteiger charge is -2.15. The maximum absolute atomic E-state index is 4.78. The van der Waals surface area contributed by atoms with Gasteiger partial charge in [-0.3, -0.25) is 0 Å². The Kier molecular flexibility index (Phi) is 4.85. The second-order valence-corrected chi connectivity index (χ2v) is 5.29. The third-order valence-corrected chi connectivity index (χ3v) is 3.49. The normalized spacial score (nSPS) is 12.4. The molecule has 2 aromatic rings. The number of likely N-dealkylation sites (N-methyl/N-ethyl adjacent to an activating group) is 1. The number of hydrogen-bond acceptors (Lipinski definition) is 3. The van der Waals surface area contributed by atoms with Crippen molar-refractivity contribution in [1.29, 1.82) is 0 Å². The first kappa shape index (κ1) is 14.7. The van der Waals surface area contributed by atoms with Crippen LogP contribution < -0.4 is 5.32 Å². The highest BCUT2D eigenvalue weighted by atomic mass is 14.9. The number of hydrogen-bond donors (Lipinski definition) is 1. The zero-order chi connectivity index (χ0) is 14.5. The molecule has 20 heavy (non-hydrogen) atoms. The van der Waals surface area contributed by atoms with Crippen molar-refractivity contribution in [2.45, 2.75) is 33.1 Å². The molecular formula is C17H23N3. The fraction of sp³-hybridized carbons (Fsp3) is 0.412. The molecule has 0 bridgehead atoms. The molecule has 0 spiro atoms. The van der Waals surface area contributed by atoms with E-state index < -0.39 is 0 Å². The molecule has 3 heteroatoms. The lowest BCUT2D eigenvalue weighted by atomic mass is 10.0. The Hall–Kier alpha value is -1.74. The summed E-state index contributed by atoms with van der Waals surface area (Å²) in [7, 11) is 1.97. The van der Waals surface area contributed by atoms with E-state index in [-0.39, 0.29) is 0 Å². The van der Waals surface area contributed by atoms with Gasteiger partial charge in [0, 0.05) is 23.7 Å². The Bertz CT molecular complexity index is 578. The Labute approximate surface area is 121 Å². The summed E-state index contributed by atoms with van der Waals surface area (Å²) in [6.07, 6.45) is 1.04. The number of aryl methyl sites for hydroxylation is 2. The monoisotopic (exact) mass is 269 g/mol. The Morgan fingerprint density at radius 2 is 1.95 bits per heavy atom. The van der Waals surface area contributed by atoms with Gasteiger partial charge < -0.3 is 5.32 Å². The molecule has 0 saturated heterocycles. The molecule has 3 nitrogen and oxygen atoms in total. The molecule has 0 saturated carbocycles. The van der Waals surface area contributed by atoms with Crippen molar-refractivity contribution in [3.8, 4) is 11.3 Å². The minimum atomic E-state index is 0.364. The average Bonchev–Trinajstić information content (AvgIpc) is 2.44. The number of aromatic nitrogens is 2. The predicted octanol–water partition coefficient (Wildman–Crippen LogP) is 3.47. The van der Waals surface area contributed by atoms with Crippen LogP contribution in [-0.4, -0.2) is 23.6 Å². The van der Waals surface area contributed by atoms with Gasteiger partial charge in [0.2, 0.25) is 0 Å². The molecule has 106 valence electrons. The molecule has 0 fully saturated rings. The SMILES string of the molecule is CCC(CNC)c1nc(C)cc(-c2cccc(C)c2)n1. The molecule has 0 aliphatic rings. The molecule has 0 aliphatic heterocycles. The van der Waals surface area contributed by atoms with E-state index in [1.54, 1.807) is 0 Å². The van der Waals surface area contributed by atoms with E-state index in [1.165, 1.54) is 5.56 Å². The molecule has 0 radical (unpaired) electrons. The lowest BCUT2D eigenvalue weighted by Crippen LogP contribution is -2.19. The quantitative estimate of drug-likeness (QED) is 0.903. The second-order valence-electron chi connectivity index (χ2n) is 5.29. The fourth-order valence-corrected chi connectivity index (χ4v) is 2.39. The van der Waals surface area contributed by atoms with E-state index in [9.17, 15) is 0 Å². The van der Waals surface area contributed by atoms with E-state index in [1.807, 2.05) is 14.0 Å².